The summed E-state index contributed by atoms with van der Waals surface area (Å²) in [6.45, 7) is 3.29. The van der Waals surface area contributed by atoms with Crippen molar-refractivity contribution in [2.24, 2.45) is 0 Å². The van der Waals surface area contributed by atoms with E-state index in [4.69, 9.17) is 9.15 Å². The summed E-state index contributed by atoms with van der Waals surface area (Å²) in [5, 5.41) is 30.5. The second kappa shape index (κ2) is 14.6. The number of aromatic hydroxyl groups is 1. The van der Waals surface area contributed by atoms with E-state index >= 15 is 0 Å². The SMILES string of the molecule is COC(=O)c1ccc2cccc(NCc3c4oc5c(CNc6cccc7ccc(C(C)=O)nc67)c(O)ccc5c(-c5cc(C)ccc5C(=O)O)c-4ccc3=O)c2n1. The number of esters is 1. The monoisotopic (exact) mass is 758 g/mol. The molecule has 4 aromatic carbocycles. The van der Waals surface area contributed by atoms with Crippen LogP contribution in [0.4, 0.5) is 11.4 Å². The highest BCUT2D eigenvalue weighted by Gasteiger charge is 2.27. The van der Waals surface area contributed by atoms with Gasteiger partial charge in [-0.15, -0.1) is 0 Å². The van der Waals surface area contributed by atoms with E-state index in [1.54, 1.807) is 54.6 Å². The number of ketones is 1. The van der Waals surface area contributed by atoms with Crippen molar-refractivity contribution in [3.8, 4) is 28.2 Å². The molecule has 0 unspecified atom stereocenters. The number of aromatic carboxylic acids is 1. The van der Waals surface area contributed by atoms with Crippen LogP contribution in [0.15, 0.2) is 112 Å². The number of benzene rings is 5. The van der Waals surface area contributed by atoms with E-state index < -0.39 is 11.9 Å². The van der Waals surface area contributed by atoms with Crippen molar-refractivity contribution in [1.82, 2.24) is 9.97 Å². The lowest BCUT2D eigenvalue weighted by Gasteiger charge is -2.21. The first kappa shape index (κ1) is 36.4. The van der Waals surface area contributed by atoms with Gasteiger partial charge in [-0.3, -0.25) is 9.59 Å². The fourth-order valence-electron chi connectivity index (χ4n) is 7.14. The van der Waals surface area contributed by atoms with E-state index in [1.807, 2.05) is 43.3 Å². The van der Waals surface area contributed by atoms with Crippen LogP contribution in [0.5, 0.6) is 5.75 Å². The molecule has 0 amide bonds. The number of hydrogen-bond acceptors (Lipinski definition) is 11. The van der Waals surface area contributed by atoms with Gasteiger partial charge >= 0.3 is 11.9 Å². The predicted molar refractivity (Wildman–Crippen MR) is 217 cm³/mol. The second-order valence-corrected chi connectivity index (χ2v) is 13.6. The third kappa shape index (κ3) is 6.63. The summed E-state index contributed by atoms with van der Waals surface area (Å²) in [4.78, 5) is 60.1. The topological polar surface area (TPSA) is 181 Å². The largest absolute Gasteiger partial charge is 0.507 e. The maximum Gasteiger partial charge on any atom is 0.356 e. The van der Waals surface area contributed by atoms with Crippen LogP contribution in [0.25, 0.3) is 55.2 Å². The molecule has 1 aliphatic carbocycles. The van der Waals surface area contributed by atoms with Crippen LogP contribution < -0.4 is 16.1 Å². The Bertz CT molecular complexity index is 2990. The number of phenolic OH excluding ortho intramolecular Hbond substituents is 1. The number of phenols is 1. The number of carboxylic acid groups (broad SMARTS) is 1. The number of carboxylic acids is 1. The van der Waals surface area contributed by atoms with Gasteiger partial charge in [-0.1, -0.05) is 54.1 Å². The zero-order valence-corrected chi connectivity index (χ0v) is 31.0. The Balaban J connectivity index is 1.32. The van der Waals surface area contributed by atoms with E-state index in [9.17, 15) is 29.4 Å². The average Bonchev–Trinajstić information content (AvgIpc) is 3.21. The van der Waals surface area contributed by atoms with Gasteiger partial charge in [0.1, 0.15) is 28.5 Å². The molecule has 3 heterocycles. The molecule has 282 valence electrons. The zero-order chi connectivity index (χ0) is 40.0. The number of nitrogens with one attached hydrogen (secondary N) is 2. The standard InChI is InChI=1S/C45H34N4O8/c1-23-10-13-27(44(53)54)30(20-23)39-28-14-18-37(51)31(21-46-34-8-4-6-25-11-16-33(24(2)50)48-40(25)34)42(28)57-43-29(39)15-19-38(52)32(43)22-47-35-9-5-7-26-12-17-36(45(55)56-3)49-41(26)35/h4-20,46-47,51H,21-22H2,1-3H3,(H,53,54). The number of carbonyl (C=O) groups is 3. The van der Waals surface area contributed by atoms with E-state index in [0.29, 0.717) is 55.7 Å². The molecule has 57 heavy (non-hydrogen) atoms. The van der Waals surface area contributed by atoms with Gasteiger partial charge in [0, 0.05) is 47.3 Å². The summed E-state index contributed by atoms with van der Waals surface area (Å²) < 4.78 is 11.6. The van der Waals surface area contributed by atoms with Crippen LogP contribution in [0.3, 0.4) is 0 Å². The summed E-state index contributed by atoms with van der Waals surface area (Å²) in [5.74, 6) is -1.84. The fourth-order valence-corrected chi connectivity index (χ4v) is 7.14. The van der Waals surface area contributed by atoms with E-state index in [0.717, 1.165) is 16.3 Å². The number of nitrogens with zero attached hydrogens (tertiary/aromatic N) is 2. The Labute approximate surface area is 324 Å². The molecule has 6 aromatic rings. The van der Waals surface area contributed by atoms with Gasteiger partial charge in [-0.2, -0.15) is 0 Å². The minimum Gasteiger partial charge on any atom is -0.507 e. The van der Waals surface area contributed by atoms with Crippen molar-refractivity contribution in [3.63, 3.8) is 0 Å². The van der Waals surface area contributed by atoms with Crippen molar-refractivity contribution in [1.29, 1.82) is 0 Å². The number of aryl methyl sites for hydroxylation is 1. The van der Waals surface area contributed by atoms with Gasteiger partial charge < -0.3 is 30.0 Å². The van der Waals surface area contributed by atoms with Crippen molar-refractivity contribution in [2.75, 3.05) is 17.7 Å². The highest BCUT2D eigenvalue weighted by Crippen LogP contribution is 2.45. The molecule has 2 aliphatic rings. The molecule has 4 N–H and O–H groups in total. The van der Waals surface area contributed by atoms with Gasteiger partial charge in [-0.25, -0.2) is 19.6 Å². The first-order valence-electron chi connectivity index (χ1n) is 18.0. The Morgan fingerprint density at radius 3 is 2.05 bits per heavy atom. The summed E-state index contributed by atoms with van der Waals surface area (Å²) in [7, 11) is 1.28. The smallest absolute Gasteiger partial charge is 0.356 e. The first-order chi connectivity index (χ1) is 27.5. The predicted octanol–water partition coefficient (Wildman–Crippen LogP) is 8.59. The number of fused-ring (bicyclic) bond motifs is 4. The van der Waals surface area contributed by atoms with E-state index in [1.165, 1.54) is 26.2 Å². The fraction of sp³-hybridized carbons (Fsp3) is 0.111. The molecule has 0 saturated carbocycles. The number of hydrogen-bond donors (Lipinski definition) is 4. The quantitative estimate of drug-likeness (QED) is 0.0593. The van der Waals surface area contributed by atoms with Crippen LogP contribution in [0.2, 0.25) is 0 Å². The summed E-state index contributed by atoms with van der Waals surface area (Å²) in [5.41, 5.74) is 5.30. The molecule has 0 spiro atoms. The van der Waals surface area contributed by atoms with Crippen molar-refractivity contribution in [3.05, 3.63) is 147 Å². The normalized spacial score (nSPS) is 11.3. The molecule has 0 saturated heterocycles. The second-order valence-electron chi connectivity index (χ2n) is 13.6. The highest BCUT2D eigenvalue weighted by atomic mass is 16.5. The molecule has 2 aromatic heterocycles. The number of carbonyl (C=O) groups excluding carboxylic acids is 2. The van der Waals surface area contributed by atoms with Crippen LogP contribution in [0, 0.1) is 6.92 Å². The van der Waals surface area contributed by atoms with Crippen molar-refractivity contribution in [2.45, 2.75) is 26.9 Å². The zero-order valence-electron chi connectivity index (χ0n) is 31.0. The maximum absolute atomic E-state index is 13.8. The summed E-state index contributed by atoms with van der Waals surface area (Å²) in [6.07, 6.45) is 0. The summed E-state index contributed by atoms with van der Waals surface area (Å²) >= 11 is 0. The van der Waals surface area contributed by atoms with Crippen LogP contribution in [-0.4, -0.2) is 45.0 Å². The van der Waals surface area contributed by atoms with Gasteiger partial charge in [0.15, 0.2) is 11.2 Å². The molecular weight excluding hydrogens is 725 g/mol. The molecule has 12 nitrogen and oxygen atoms in total. The molecule has 0 atom stereocenters. The maximum atomic E-state index is 13.8. The number of ether oxygens (including phenoxy) is 1. The Kier molecular flexibility index (Phi) is 9.30. The molecule has 8 rings (SSSR count). The Morgan fingerprint density at radius 1 is 0.754 bits per heavy atom. The van der Waals surface area contributed by atoms with E-state index in [2.05, 4.69) is 20.6 Å². The van der Waals surface area contributed by atoms with Crippen LogP contribution >= 0.6 is 0 Å². The van der Waals surface area contributed by atoms with Crippen molar-refractivity contribution < 1.29 is 33.8 Å². The number of anilines is 2. The van der Waals surface area contributed by atoms with Crippen LogP contribution in [-0.2, 0) is 17.8 Å². The lowest BCUT2D eigenvalue weighted by Crippen LogP contribution is -2.15. The third-order valence-electron chi connectivity index (χ3n) is 9.98. The number of pyridine rings is 2. The van der Waals surface area contributed by atoms with Crippen molar-refractivity contribution >= 4 is 61.9 Å². The first-order valence-corrected chi connectivity index (χ1v) is 18.0. The lowest BCUT2D eigenvalue weighted by atomic mass is 9.87. The minimum atomic E-state index is -1.14. The van der Waals surface area contributed by atoms with Gasteiger partial charge in [0.25, 0.3) is 0 Å². The Hall–Kier alpha value is -7.60. The lowest BCUT2D eigenvalue weighted by molar-refractivity contribution is 0.0593. The molecule has 0 bridgehead atoms. The molecule has 1 aliphatic heterocycles. The Morgan fingerprint density at radius 2 is 1.40 bits per heavy atom. The third-order valence-corrected chi connectivity index (χ3v) is 9.98. The molecule has 0 fully saturated rings. The summed E-state index contributed by atoms with van der Waals surface area (Å²) in [6, 6.07) is 29.1. The van der Waals surface area contributed by atoms with Crippen LogP contribution in [0.1, 0.15) is 54.9 Å². The average molecular weight is 759 g/mol. The number of rotatable bonds is 10. The number of para-hydroxylation sites is 2. The minimum absolute atomic E-state index is 0.0250. The molecule has 12 heteroatoms. The molecule has 0 radical (unpaired) electrons. The van der Waals surface area contributed by atoms with Gasteiger partial charge in [-0.05, 0) is 67.1 Å². The molecular formula is C45H34N4O8. The number of Topliss-reactive ketones (excluding diaryl/α,β-unsaturated/α-hetero) is 1. The van der Waals surface area contributed by atoms with Gasteiger partial charge in [0.05, 0.1) is 46.2 Å². The number of aromatic nitrogens is 2. The highest BCUT2D eigenvalue weighted by molar-refractivity contribution is 6.09. The number of methoxy groups -OCH3 is 1. The van der Waals surface area contributed by atoms with Gasteiger partial charge in [0.2, 0.25) is 0 Å². The van der Waals surface area contributed by atoms with E-state index in [-0.39, 0.29) is 58.2 Å².